The van der Waals surface area contributed by atoms with Gasteiger partial charge in [0.2, 0.25) is 0 Å². The first kappa shape index (κ1) is 3.66. The normalized spacial score (nSPS) is 18.5. The van der Waals surface area contributed by atoms with Gasteiger partial charge in [0.05, 0.1) is 0 Å². The molecular formula is C6H7. The van der Waals surface area contributed by atoms with E-state index in [1.165, 1.54) is 5.57 Å². The Balaban J connectivity index is 2.61. The van der Waals surface area contributed by atoms with E-state index in [-0.39, 0.29) is 0 Å². The van der Waals surface area contributed by atoms with Crippen LogP contribution in [0, 0.1) is 6.08 Å². The van der Waals surface area contributed by atoms with Crippen LogP contribution in [0.3, 0.4) is 0 Å². The van der Waals surface area contributed by atoms with E-state index >= 15 is 0 Å². The second-order valence-corrected chi connectivity index (χ2v) is 1.53. The van der Waals surface area contributed by atoms with Crippen molar-refractivity contribution < 1.29 is 0 Å². The summed E-state index contributed by atoms with van der Waals surface area (Å²) in [6.45, 7) is 2.08. The number of allylic oxidation sites excluding steroid dienone is 4. The molecule has 0 aromatic rings. The Labute approximate surface area is 38.2 Å². The van der Waals surface area contributed by atoms with E-state index in [4.69, 9.17) is 0 Å². The van der Waals surface area contributed by atoms with Crippen LogP contribution in [0.15, 0.2) is 17.7 Å². The van der Waals surface area contributed by atoms with Crippen LogP contribution in [0.25, 0.3) is 0 Å². The van der Waals surface area contributed by atoms with Gasteiger partial charge < -0.3 is 0 Å². The molecule has 1 aliphatic rings. The number of rotatable bonds is 0. The standard InChI is InChI=1S/C6H7/c1-6-4-2-3-5-6/h2-3H,4H2,1H3. The summed E-state index contributed by atoms with van der Waals surface area (Å²) in [6, 6.07) is 0. The Hall–Kier alpha value is -0.520. The maximum Gasteiger partial charge on any atom is -0.0129 e. The smallest absolute Gasteiger partial charge is 0.0129 e. The molecule has 0 N–H and O–H groups in total. The molecule has 1 aliphatic carbocycles. The highest BCUT2D eigenvalue weighted by Crippen LogP contribution is 2.05. The summed E-state index contributed by atoms with van der Waals surface area (Å²) in [5.74, 6) is 0. The van der Waals surface area contributed by atoms with E-state index in [9.17, 15) is 0 Å². The van der Waals surface area contributed by atoms with E-state index in [1.807, 2.05) is 6.08 Å². The Morgan fingerprint density at radius 1 is 1.83 bits per heavy atom. The molecule has 31 valence electrons. The van der Waals surface area contributed by atoms with Crippen molar-refractivity contribution in [3.63, 3.8) is 0 Å². The van der Waals surface area contributed by atoms with Crippen LogP contribution in [0.1, 0.15) is 13.3 Å². The van der Waals surface area contributed by atoms with E-state index < -0.39 is 0 Å². The van der Waals surface area contributed by atoms with E-state index in [2.05, 4.69) is 19.1 Å². The molecule has 0 heteroatoms. The maximum absolute atomic E-state index is 3.06. The van der Waals surface area contributed by atoms with Gasteiger partial charge >= 0.3 is 0 Å². The molecular weight excluding hydrogens is 72.1 g/mol. The molecule has 0 amide bonds. The molecule has 0 fully saturated rings. The molecule has 0 aliphatic heterocycles. The zero-order chi connectivity index (χ0) is 4.41. The largest absolute Gasteiger partial charge is 0.0798 e. The van der Waals surface area contributed by atoms with Crippen molar-refractivity contribution in [2.45, 2.75) is 13.3 Å². The lowest BCUT2D eigenvalue weighted by molar-refractivity contribution is 1.25. The van der Waals surface area contributed by atoms with Crippen LogP contribution in [-0.2, 0) is 0 Å². The molecule has 0 heterocycles. The molecule has 0 nitrogen and oxygen atoms in total. The molecule has 0 bridgehead atoms. The molecule has 0 atom stereocenters. The molecule has 0 saturated carbocycles. The van der Waals surface area contributed by atoms with Crippen LogP contribution in [-0.4, -0.2) is 0 Å². The summed E-state index contributed by atoms with van der Waals surface area (Å²) in [5, 5.41) is 0. The predicted octanol–water partition coefficient (Wildman–Crippen LogP) is 1.70. The molecule has 0 aromatic carbocycles. The van der Waals surface area contributed by atoms with E-state index in [1.54, 1.807) is 0 Å². The Kier molecular flexibility index (Phi) is 0.789. The highest BCUT2D eigenvalue weighted by Gasteiger charge is 1.87. The zero-order valence-corrected chi connectivity index (χ0v) is 3.86. The SMILES string of the molecule is CC1=[C]C=CC1. The fourth-order valence-electron chi connectivity index (χ4n) is 0.496. The van der Waals surface area contributed by atoms with Crippen molar-refractivity contribution in [3.8, 4) is 0 Å². The molecule has 1 rings (SSSR count). The predicted molar refractivity (Wildman–Crippen MR) is 26.2 cm³/mol. The molecule has 0 spiro atoms. The van der Waals surface area contributed by atoms with Gasteiger partial charge in [-0.2, -0.15) is 0 Å². The highest BCUT2D eigenvalue weighted by atomic mass is 13.9. The van der Waals surface area contributed by atoms with Crippen LogP contribution >= 0.6 is 0 Å². The lowest BCUT2D eigenvalue weighted by Gasteiger charge is -1.78. The first-order valence-corrected chi connectivity index (χ1v) is 2.13. The first-order chi connectivity index (χ1) is 2.89. The van der Waals surface area contributed by atoms with Crippen molar-refractivity contribution in [2.24, 2.45) is 0 Å². The van der Waals surface area contributed by atoms with Gasteiger partial charge in [0, 0.05) is 0 Å². The topological polar surface area (TPSA) is 0 Å². The minimum absolute atomic E-state index is 1.11. The average molecular weight is 79.1 g/mol. The summed E-state index contributed by atoms with van der Waals surface area (Å²) in [7, 11) is 0. The van der Waals surface area contributed by atoms with Gasteiger partial charge in [-0.15, -0.1) is 0 Å². The van der Waals surface area contributed by atoms with Crippen molar-refractivity contribution >= 4 is 0 Å². The fraction of sp³-hybridized carbons (Fsp3) is 0.333. The fourth-order valence-corrected chi connectivity index (χ4v) is 0.496. The van der Waals surface area contributed by atoms with E-state index in [0.29, 0.717) is 0 Å². The third kappa shape index (κ3) is 0.510. The molecule has 0 saturated heterocycles. The molecule has 6 heavy (non-hydrogen) atoms. The zero-order valence-electron chi connectivity index (χ0n) is 3.86. The minimum Gasteiger partial charge on any atom is -0.0798 e. The average Bonchev–Trinajstić information content (AvgIpc) is 1.86. The summed E-state index contributed by atoms with van der Waals surface area (Å²) in [6.07, 6.45) is 8.24. The summed E-state index contributed by atoms with van der Waals surface area (Å²) < 4.78 is 0. The highest BCUT2D eigenvalue weighted by molar-refractivity contribution is 5.14. The van der Waals surface area contributed by atoms with Gasteiger partial charge in [-0.25, -0.2) is 0 Å². The Bertz CT molecular complexity index is 96.6. The quantitative estimate of drug-likeness (QED) is 0.414. The van der Waals surface area contributed by atoms with Crippen LogP contribution in [0.2, 0.25) is 0 Å². The minimum atomic E-state index is 1.11. The first-order valence-electron chi connectivity index (χ1n) is 2.13. The second kappa shape index (κ2) is 1.29. The van der Waals surface area contributed by atoms with Crippen molar-refractivity contribution in [1.82, 2.24) is 0 Å². The third-order valence-electron chi connectivity index (χ3n) is 0.872. The van der Waals surface area contributed by atoms with Crippen LogP contribution < -0.4 is 0 Å². The summed E-state index contributed by atoms with van der Waals surface area (Å²) >= 11 is 0. The Morgan fingerprint density at radius 2 is 2.67 bits per heavy atom. The summed E-state index contributed by atoms with van der Waals surface area (Å²) in [4.78, 5) is 0. The van der Waals surface area contributed by atoms with Crippen LogP contribution in [0.4, 0.5) is 0 Å². The van der Waals surface area contributed by atoms with Gasteiger partial charge in [-0.1, -0.05) is 17.7 Å². The lowest BCUT2D eigenvalue weighted by Crippen LogP contribution is -1.59. The maximum atomic E-state index is 3.06. The number of hydrogen-bond donors (Lipinski definition) is 0. The van der Waals surface area contributed by atoms with Gasteiger partial charge in [-0.05, 0) is 19.4 Å². The van der Waals surface area contributed by atoms with Gasteiger partial charge in [-0.3, -0.25) is 0 Å². The monoisotopic (exact) mass is 79.1 g/mol. The van der Waals surface area contributed by atoms with Gasteiger partial charge in [0.25, 0.3) is 0 Å². The van der Waals surface area contributed by atoms with Crippen molar-refractivity contribution in [1.29, 1.82) is 0 Å². The molecule has 0 unspecified atom stereocenters. The van der Waals surface area contributed by atoms with E-state index in [0.717, 1.165) is 6.42 Å². The number of hydrogen-bond acceptors (Lipinski definition) is 0. The molecule has 1 radical (unpaired) electrons. The summed E-state index contributed by atoms with van der Waals surface area (Å²) in [5.41, 5.74) is 1.34. The third-order valence-corrected chi connectivity index (χ3v) is 0.872. The van der Waals surface area contributed by atoms with Gasteiger partial charge in [0.1, 0.15) is 0 Å². The van der Waals surface area contributed by atoms with Crippen molar-refractivity contribution in [3.05, 3.63) is 23.8 Å². The second-order valence-electron chi connectivity index (χ2n) is 1.53. The lowest BCUT2D eigenvalue weighted by atomic mass is 10.3. The molecule has 0 aromatic heterocycles. The Morgan fingerprint density at radius 3 is 2.83 bits per heavy atom. The van der Waals surface area contributed by atoms with Crippen molar-refractivity contribution in [2.75, 3.05) is 0 Å². The van der Waals surface area contributed by atoms with Crippen LogP contribution in [0.5, 0.6) is 0 Å². The van der Waals surface area contributed by atoms with Gasteiger partial charge in [0.15, 0.2) is 0 Å².